The van der Waals surface area contributed by atoms with Crippen molar-refractivity contribution in [1.82, 2.24) is 0 Å². The van der Waals surface area contributed by atoms with Gasteiger partial charge in [0, 0.05) is 0 Å². The Kier molecular flexibility index (Phi) is 4.45. The molecule has 0 spiro atoms. The molecule has 1 aliphatic carbocycles. The average molecular weight is 246 g/mol. The fourth-order valence-corrected chi connectivity index (χ4v) is 3.40. The van der Waals surface area contributed by atoms with Crippen LogP contribution in [0.2, 0.25) is 0 Å². The molecule has 1 aromatic rings. The smallest absolute Gasteiger partial charge is 0.0571 e. The third-order valence-corrected chi connectivity index (χ3v) is 4.43. The topological polar surface area (TPSA) is 20.2 Å². The number of hydrogen-bond donors (Lipinski definition) is 1. The first kappa shape index (κ1) is 13.6. The van der Waals surface area contributed by atoms with E-state index in [9.17, 15) is 5.11 Å². The van der Waals surface area contributed by atoms with E-state index in [0.29, 0.717) is 5.92 Å². The normalized spacial score (nSPS) is 24.9. The van der Waals surface area contributed by atoms with E-state index < -0.39 is 0 Å². The van der Waals surface area contributed by atoms with Crippen molar-refractivity contribution < 1.29 is 5.11 Å². The predicted molar refractivity (Wildman–Crippen MR) is 76.9 cm³/mol. The van der Waals surface area contributed by atoms with Crippen LogP contribution in [0.4, 0.5) is 0 Å². The number of aliphatic hydroxyl groups is 1. The largest absolute Gasteiger partial charge is 0.393 e. The minimum atomic E-state index is -0.0902. The summed E-state index contributed by atoms with van der Waals surface area (Å²) < 4.78 is 0. The fraction of sp³-hybridized carbons (Fsp3) is 0.647. The van der Waals surface area contributed by atoms with Crippen molar-refractivity contribution in [2.75, 3.05) is 0 Å². The first-order chi connectivity index (χ1) is 8.58. The Morgan fingerprint density at radius 2 is 1.61 bits per heavy atom. The molecule has 1 aliphatic rings. The van der Waals surface area contributed by atoms with E-state index in [1.807, 2.05) is 0 Å². The lowest BCUT2D eigenvalue weighted by Gasteiger charge is -2.22. The highest BCUT2D eigenvalue weighted by Crippen LogP contribution is 2.29. The van der Waals surface area contributed by atoms with Gasteiger partial charge in [0.05, 0.1) is 6.10 Å². The summed E-state index contributed by atoms with van der Waals surface area (Å²) in [7, 11) is 0. The Balaban J connectivity index is 2.17. The van der Waals surface area contributed by atoms with Gasteiger partial charge in [0.25, 0.3) is 0 Å². The standard InChI is InChI=1S/C17H26O/c1-12-9-13(2)16(14(3)10-12)11-15-7-5-4-6-8-17(15)18/h9-10,15,17-18H,4-8,11H2,1-3H3. The number of hydrogen-bond acceptors (Lipinski definition) is 1. The summed E-state index contributed by atoms with van der Waals surface area (Å²) >= 11 is 0. The summed E-state index contributed by atoms with van der Waals surface area (Å²) in [6, 6.07) is 4.54. The molecule has 0 bridgehead atoms. The monoisotopic (exact) mass is 246 g/mol. The quantitative estimate of drug-likeness (QED) is 0.779. The molecule has 1 aromatic carbocycles. The lowest BCUT2D eigenvalue weighted by Crippen LogP contribution is -2.21. The fourth-order valence-electron chi connectivity index (χ4n) is 3.40. The molecule has 0 aliphatic heterocycles. The minimum absolute atomic E-state index is 0.0902. The molecule has 2 atom stereocenters. The molecule has 1 saturated carbocycles. The van der Waals surface area contributed by atoms with Gasteiger partial charge in [-0.2, -0.15) is 0 Å². The van der Waals surface area contributed by atoms with Crippen molar-refractivity contribution in [1.29, 1.82) is 0 Å². The van der Waals surface area contributed by atoms with Crippen LogP contribution in [0.3, 0.4) is 0 Å². The van der Waals surface area contributed by atoms with E-state index in [4.69, 9.17) is 0 Å². The van der Waals surface area contributed by atoms with Gasteiger partial charge >= 0.3 is 0 Å². The molecule has 2 unspecified atom stereocenters. The summed E-state index contributed by atoms with van der Waals surface area (Å²) in [6.45, 7) is 6.57. The van der Waals surface area contributed by atoms with E-state index >= 15 is 0 Å². The Morgan fingerprint density at radius 1 is 1.00 bits per heavy atom. The molecule has 100 valence electrons. The molecule has 1 heteroatoms. The summed E-state index contributed by atoms with van der Waals surface area (Å²) in [5, 5.41) is 10.2. The van der Waals surface area contributed by atoms with E-state index in [1.54, 1.807) is 0 Å². The Morgan fingerprint density at radius 3 is 2.28 bits per heavy atom. The minimum Gasteiger partial charge on any atom is -0.393 e. The SMILES string of the molecule is Cc1cc(C)c(CC2CCCCCC2O)c(C)c1. The number of aryl methyl sites for hydroxylation is 3. The summed E-state index contributed by atoms with van der Waals surface area (Å²) in [4.78, 5) is 0. The molecule has 18 heavy (non-hydrogen) atoms. The van der Waals surface area contributed by atoms with Crippen molar-refractivity contribution in [2.24, 2.45) is 5.92 Å². The van der Waals surface area contributed by atoms with Gasteiger partial charge in [0.1, 0.15) is 0 Å². The van der Waals surface area contributed by atoms with Crippen molar-refractivity contribution in [2.45, 2.75) is 65.4 Å². The molecule has 0 saturated heterocycles. The maximum absolute atomic E-state index is 10.2. The lowest BCUT2D eigenvalue weighted by molar-refractivity contribution is 0.100. The molecular weight excluding hydrogens is 220 g/mol. The maximum atomic E-state index is 10.2. The van der Waals surface area contributed by atoms with Crippen LogP contribution >= 0.6 is 0 Å². The molecule has 2 rings (SSSR count). The highest BCUT2D eigenvalue weighted by molar-refractivity contribution is 5.37. The van der Waals surface area contributed by atoms with Crippen LogP contribution in [-0.4, -0.2) is 11.2 Å². The Bertz CT molecular complexity index is 385. The van der Waals surface area contributed by atoms with Gasteiger partial charge in [-0.05, 0) is 62.6 Å². The van der Waals surface area contributed by atoms with E-state index in [1.165, 1.54) is 47.9 Å². The van der Waals surface area contributed by atoms with Crippen LogP contribution in [0.25, 0.3) is 0 Å². The van der Waals surface area contributed by atoms with Gasteiger partial charge in [-0.1, -0.05) is 37.0 Å². The zero-order valence-corrected chi connectivity index (χ0v) is 12.0. The second-order valence-electron chi connectivity index (χ2n) is 6.05. The molecule has 1 nitrogen and oxygen atoms in total. The number of aliphatic hydroxyl groups excluding tert-OH is 1. The third-order valence-electron chi connectivity index (χ3n) is 4.43. The van der Waals surface area contributed by atoms with Gasteiger partial charge in [-0.15, -0.1) is 0 Å². The number of benzene rings is 1. The van der Waals surface area contributed by atoms with Gasteiger partial charge in [-0.25, -0.2) is 0 Å². The summed E-state index contributed by atoms with van der Waals surface area (Å²) in [6.07, 6.45) is 6.92. The Labute approximate surface area is 111 Å². The highest BCUT2D eigenvalue weighted by atomic mass is 16.3. The van der Waals surface area contributed by atoms with Crippen molar-refractivity contribution in [3.05, 3.63) is 34.4 Å². The van der Waals surface area contributed by atoms with Crippen molar-refractivity contribution in [3.8, 4) is 0 Å². The zero-order valence-electron chi connectivity index (χ0n) is 12.0. The first-order valence-corrected chi connectivity index (χ1v) is 7.32. The second kappa shape index (κ2) is 5.88. The lowest BCUT2D eigenvalue weighted by atomic mass is 9.86. The molecule has 0 radical (unpaired) electrons. The van der Waals surface area contributed by atoms with Crippen LogP contribution in [0, 0.1) is 26.7 Å². The molecule has 0 amide bonds. The molecule has 1 N–H and O–H groups in total. The third kappa shape index (κ3) is 3.14. The predicted octanol–water partition coefficient (Wildman–Crippen LogP) is 4.10. The van der Waals surface area contributed by atoms with Crippen LogP contribution in [-0.2, 0) is 6.42 Å². The molecule has 1 fully saturated rings. The van der Waals surface area contributed by atoms with Gasteiger partial charge in [0.2, 0.25) is 0 Å². The van der Waals surface area contributed by atoms with Gasteiger partial charge in [-0.3, -0.25) is 0 Å². The zero-order chi connectivity index (χ0) is 13.1. The van der Waals surface area contributed by atoms with Crippen LogP contribution in [0.5, 0.6) is 0 Å². The number of rotatable bonds is 2. The van der Waals surface area contributed by atoms with Gasteiger partial charge < -0.3 is 5.11 Å². The summed E-state index contributed by atoms with van der Waals surface area (Å²) in [5.41, 5.74) is 5.59. The van der Waals surface area contributed by atoms with E-state index in [0.717, 1.165) is 12.8 Å². The molecular formula is C17H26O. The van der Waals surface area contributed by atoms with Gasteiger partial charge in [0.15, 0.2) is 0 Å². The summed E-state index contributed by atoms with van der Waals surface area (Å²) in [5.74, 6) is 0.465. The maximum Gasteiger partial charge on any atom is 0.0571 e. The van der Waals surface area contributed by atoms with Crippen molar-refractivity contribution in [3.63, 3.8) is 0 Å². The average Bonchev–Trinajstić information content (AvgIpc) is 2.49. The Hall–Kier alpha value is -0.820. The van der Waals surface area contributed by atoms with E-state index in [-0.39, 0.29) is 6.10 Å². The highest BCUT2D eigenvalue weighted by Gasteiger charge is 2.22. The second-order valence-corrected chi connectivity index (χ2v) is 6.05. The molecule has 0 heterocycles. The first-order valence-electron chi connectivity index (χ1n) is 7.32. The van der Waals surface area contributed by atoms with Crippen LogP contribution in [0.15, 0.2) is 12.1 Å². The van der Waals surface area contributed by atoms with Crippen molar-refractivity contribution >= 4 is 0 Å². The van der Waals surface area contributed by atoms with Crippen LogP contribution < -0.4 is 0 Å². The van der Waals surface area contributed by atoms with E-state index in [2.05, 4.69) is 32.9 Å². The van der Waals surface area contributed by atoms with Crippen LogP contribution in [0.1, 0.15) is 54.4 Å². The molecule has 0 aromatic heterocycles.